The third-order valence-electron chi connectivity index (χ3n) is 4.83. The first-order chi connectivity index (χ1) is 13.5. The molecular weight excluding hydrogens is 393 g/mol. The molecule has 0 radical (unpaired) electrons. The molecule has 0 unspecified atom stereocenters. The second-order valence-electron chi connectivity index (χ2n) is 7.94. The summed E-state index contributed by atoms with van der Waals surface area (Å²) in [5.41, 5.74) is 2.06. The van der Waals surface area contributed by atoms with E-state index >= 15 is 0 Å². The van der Waals surface area contributed by atoms with Crippen LogP contribution in [0.2, 0.25) is 0 Å². The molecule has 0 atom stereocenters. The topological polar surface area (TPSA) is 74.1 Å². The van der Waals surface area contributed by atoms with Gasteiger partial charge in [-0.05, 0) is 48.6 Å². The van der Waals surface area contributed by atoms with Crippen LogP contribution in [0.3, 0.4) is 0 Å². The lowest BCUT2D eigenvalue weighted by atomic mass is 9.87. The Hall–Kier alpha value is -2.74. The first kappa shape index (κ1) is 21.0. The van der Waals surface area contributed by atoms with E-state index in [1.165, 1.54) is 17.9 Å². The molecule has 0 aliphatic carbocycles. The van der Waals surface area contributed by atoms with Crippen molar-refractivity contribution in [3.05, 3.63) is 59.0 Å². The third-order valence-corrected chi connectivity index (χ3v) is 6.60. The second kappa shape index (κ2) is 7.26. The number of aromatic nitrogens is 3. The van der Waals surface area contributed by atoms with Gasteiger partial charge in [0.05, 0.1) is 17.7 Å². The number of hydrogen-bond donors (Lipinski definition) is 0. The summed E-state index contributed by atoms with van der Waals surface area (Å²) in [7, 11) is -2.46. The fourth-order valence-electron chi connectivity index (χ4n) is 3.02. The van der Waals surface area contributed by atoms with E-state index in [0.29, 0.717) is 16.9 Å². The number of aryl methyl sites for hydroxylation is 1. The highest BCUT2D eigenvalue weighted by atomic mass is 32.2. The molecule has 0 N–H and O–H groups in total. The summed E-state index contributed by atoms with van der Waals surface area (Å²) in [5.74, 6) is -0.185. The lowest BCUT2D eigenvalue weighted by Gasteiger charge is -2.19. The van der Waals surface area contributed by atoms with Crippen LogP contribution < -0.4 is 4.74 Å². The molecule has 0 spiro atoms. The summed E-state index contributed by atoms with van der Waals surface area (Å²) in [5, 5.41) is 7.77. The van der Waals surface area contributed by atoms with E-state index < -0.39 is 15.7 Å². The number of ether oxygens (including phenoxy) is 1. The Morgan fingerprint density at radius 2 is 1.69 bits per heavy atom. The normalized spacial score (nSPS) is 12.2. The Kier molecular flexibility index (Phi) is 5.25. The first-order valence-electron chi connectivity index (χ1n) is 9.09. The van der Waals surface area contributed by atoms with Gasteiger partial charge in [-0.15, -0.1) is 5.10 Å². The van der Waals surface area contributed by atoms with E-state index in [-0.39, 0.29) is 21.1 Å². The predicted octanol–water partition coefficient (Wildman–Crippen LogP) is 4.16. The second-order valence-corrected chi connectivity index (χ2v) is 9.81. The fraction of sp³-hybridized carbons (Fsp3) is 0.333. The van der Waals surface area contributed by atoms with E-state index in [1.807, 2.05) is 0 Å². The molecule has 1 aromatic heterocycles. The van der Waals surface area contributed by atoms with Crippen LogP contribution in [-0.2, 0) is 15.3 Å². The van der Waals surface area contributed by atoms with Crippen LogP contribution in [0.5, 0.6) is 5.75 Å². The molecule has 0 saturated carbocycles. The number of halogens is 1. The Bertz CT molecular complexity index is 1160. The van der Waals surface area contributed by atoms with Crippen molar-refractivity contribution in [1.29, 1.82) is 0 Å². The molecule has 0 amide bonds. The van der Waals surface area contributed by atoms with Gasteiger partial charge in [0, 0.05) is 6.07 Å². The lowest BCUT2D eigenvalue weighted by Crippen LogP contribution is -2.12. The number of hydrogen-bond acceptors (Lipinski definition) is 5. The van der Waals surface area contributed by atoms with Gasteiger partial charge >= 0.3 is 0 Å². The average molecular weight is 418 g/mol. The standard InChI is InChI=1S/C21H24FN3O3S/c1-13-11-18(19(28-6)12-17(13)22)25-14(2)20(23-24-25)29(26,27)16-9-7-15(8-10-16)21(3,4)5/h7-12H,1-6H3. The monoisotopic (exact) mass is 417 g/mol. The van der Waals surface area contributed by atoms with Gasteiger partial charge in [0.15, 0.2) is 0 Å². The average Bonchev–Trinajstić information content (AvgIpc) is 3.05. The molecule has 0 bridgehead atoms. The van der Waals surface area contributed by atoms with Crippen LogP contribution in [0, 0.1) is 19.7 Å². The number of sulfone groups is 1. The van der Waals surface area contributed by atoms with Gasteiger partial charge in [0.2, 0.25) is 14.9 Å². The van der Waals surface area contributed by atoms with Gasteiger partial charge in [-0.3, -0.25) is 0 Å². The van der Waals surface area contributed by atoms with Crippen LogP contribution in [0.15, 0.2) is 46.3 Å². The largest absolute Gasteiger partial charge is 0.494 e. The van der Waals surface area contributed by atoms with Gasteiger partial charge in [-0.1, -0.05) is 38.1 Å². The molecule has 3 rings (SSSR count). The zero-order valence-corrected chi connectivity index (χ0v) is 18.1. The minimum Gasteiger partial charge on any atom is -0.494 e. The molecule has 0 aliphatic rings. The summed E-state index contributed by atoms with van der Waals surface area (Å²) in [6.45, 7) is 9.40. The fourth-order valence-corrected chi connectivity index (χ4v) is 4.35. The van der Waals surface area contributed by atoms with E-state index in [4.69, 9.17) is 4.74 Å². The molecule has 154 valence electrons. The van der Waals surface area contributed by atoms with E-state index in [2.05, 4.69) is 31.1 Å². The number of rotatable bonds is 4. The van der Waals surface area contributed by atoms with Crippen LogP contribution in [0.4, 0.5) is 4.39 Å². The van der Waals surface area contributed by atoms with Crippen LogP contribution in [0.25, 0.3) is 5.69 Å². The van der Waals surface area contributed by atoms with E-state index in [0.717, 1.165) is 5.56 Å². The SMILES string of the molecule is COc1cc(F)c(C)cc1-n1nnc(S(=O)(=O)c2ccc(C(C)(C)C)cc2)c1C. The van der Waals surface area contributed by atoms with Crippen LogP contribution in [-0.4, -0.2) is 30.5 Å². The molecule has 6 nitrogen and oxygen atoms in total. The maximum Gasteiger partial charge on any atom is 0.227 e. The van der Waals surface area contributed by atoms with Crippen molar-refractivity contribution in [3.8, 4) is 11.4 Å². The Labute approximate surface area is 170 Å². The minimum atomic E-state index is -3.87. The highest BCUT2D eigenvalue weighted by molar-refractivity contribution is 7.91. The van der Waals surface area contributed by atoms with E-state index in [1.54, 1.807) is 44.2 Å². The molecule has 0 saturated heterocycles. The third kappa shape index (κ3) is 3.76. The Morgan fingerprint density at radius 3 is 2.24 bits per heavy atom. The van der Waals surface area contributed by atoms with Gasteiger partial charge in [-0.25, -0.2) is 17.5 Å². The number of benzene rings is 2. The van der Waals surface area contributed by atoms with Crippen LogP contribution >= 0.6 is 0 Å². The lowest BCUT2D eigenvalue weighted by molar-refractivity contribution is 0.407. The van der Waals surface area contributed by atoms with Crippen molar-refractivity contribution in [2.45, 2.75) is 50.0 Å². The molecule has 0 fully saturated rings. The van der Waals surface area contributed by atoms with E-state index in [9.17, 15) is 12.8 Å². The highest BCUT2D eigenvalue weighted by Gasteiger charge is 2.27. The molecule has 0 aliphatic heterocycles. The highest BCUT2D eigenvalue weighted by Crippen LogP contribution is 2.30. The van der Waals surface area contributed by atoms with Crippen molar-refractivity contribution in [2.75, 3.05) is 7.11 Å². The predicted molar refractivity (Wildman–Crippen MR) is 108 cm³/mol. The van der Waals surface area contributed by atoms with Crippen molar-refractivity contribution in [3.63, 3.8) is 0 Å². The Balaban J connectivity index is 2.09. The molecular formula is C21H24FN3O3S. The molecule has 29 heavy (non-hydrogen) atoms. The minimum absolute atomic E-state index is 0.0850. The van der Waals surface area contributed by atoms with Crippen molar-refractivity contribution < 1.29 is 17.5 Å². The number of nitrogens with zero attached hydrogens (tertiary/aromatic N) is 3. The summed E-state index contributed by atoms with van der Waals surface area (Å²) >= 11 is 0. The van der Waals surface area contributed by atoms with Gasteiger partial charge in [0.1, 0.15) is 17.3 Å². The summed E-state index contributed by atoms with van der Waals surface area (Å²) in [4.78, 5) is 0.142. The number of methoxy groups -OCH3 is 1. The summed E-state index contributed by atoms with van der Waals surface area (Å²) in [6, 6.07) is 9.56. The maximum atomic E-state index is 13.9. The molecule has 1 heterocycles. The van der Waals surface area contributed by atoms with Crippen LogP contribution in [0.1, 0.15) is 37.6 Å². The Morgan fingerprint density at radius 1 is 1.07 bits per heavy atom. The van der Waals surface area contributed by atoms with Gasteiger partial charge in [-0.2, -0.15) is 0 Å². The maximum absolute atomic E-state index is 13.9. The zero-order valence-electron chi connectivity index (χ0n) is 17.3. The van der Waals surface area contributed by atoms with Crippen molar-refractivity contribution >= 4 is 9.84 Å². The van der Waals surface area contributed by atoms with Gasteiger partial charge in [0.25, 0.3) is 0 Å². The van der Waals surface area contributed by atoms with Crippen molar-refractivity contribution in [1.82, 2.24) is 15.0 Å². The molecule has 2 aromatic carbocycles. The van der Waals surface area contributed by atoms with Gasteiger partial charge < -0.3 is 4.74 Å². The summed E-state index contributed by atoms with van der Waals surface area (Å²) in [6.07, 6.45) is 0. The molecule has 3 aromatic rings. The van der Waals surface area contributed by atoms with Crippen molar-refractivity contribution in [2.24, 2.45) is 0 Å². The zero-order chi connectivity index (χ0) is 21.6. The summed E-state index contributed by atoms with van der Waals surface area (Å²) < 4.78 is 46.7. The smallest absolute Gasteiger partial charge is 0.227 e. The quantitative estimate of drug-likeness (QED) is 0.637. The molecule has 8 heteroatoms. The first-order valence-corrected chi connectivity index (χ1v) is 10.6.